The second kappa shape index (κ2) is 5.61. The van der Waals surface area contributed by atoms with Gasteiger partial charge in [-0.2, -0.15) is 0 Å². The largest absolute Gasteiger partial charge is 0.299 e. The van der Waals surface area contributed by atoms with Crippen molar-refractivity contribution >= 4 is 0 Å². The summed E-state index contributed by atoms with van der Waals surface area (Å²) < 4.78 is 13.0. The molecule has 2 rings (SSSR count). The van der Waals surface area contributed by atoms with E-state index < -0.39 is 0 Å². The number of halogens is 1. The van der Waals surface area contributed by atoms with E-state index >= 15 is 0 Å². The molecule has 0 unspecified atom stereocenters. The van der Waals surface area contributed by atoms with Crippen LogP contribution in [-0.2, 0) is 6.54 Å². The van der Waals surface area contributed by atoms with E-state index in [9.17, 15) is 4.39 Å². The molecule has 0 aliphatic carbocycles. The van der Waals surface area contributed by atoms with E-state index in [-0.39, 0.29) is 12.7 Å². The zero-order valence-electron chi connectivity index (χ0n) is 10.6. The van der Waals surface area contributed by atoms with Gasteiger partial charge in [0.2, 0.25) is 0 Å². The molecule has 1 heterocycles. The fraction of sp³-hybridized carbons (Fsp3) is 0.571. The molecule has 17 heavy (non-hydrogen) atoms. The number of benzene rings is 1. The van der Waals surface area contributed by atoms with Crippen LogP contribution in [0, 0.1) is 0 Å². The summed E-state index contributed by atoms with van der Waals surface area (Å²) >= 11 is 0. The third-order valence-corrected chi connectivity index (χ3v) is 3.79. The highest BCUT2D eigenvalue weighted by Crippen LogP contribution is 2.22. The lowest BCUT2D eigenvalue weighted by Crippen LogP contribution is -2.43. The van der Waals surface area contributed by atoms with E-state index in [1.54, 1.807) is 0 Å². The summed E-state index contributed by atoms with van der Waals surface area (Å²) in [5, 5.41) is 0. The number of nitrogens with zero attached hydrogens (tertiary/aromatic N) is 2. The highest BCUT2D eigenvalue weighted by Gasteiger charge is 2.34. The minimum absolute atomic E-state index is 0.0590. The summed E-state index contributed by atoms with van der Waals surface area (Å²) in [6, 6.07) is 10.8. The molecule has 0 bridgehead atoms. The van der Waals surface area contributed by atoms with Gasteiger partial charge in [0.1, 0.15) is 6.67 Å². The number of hydrogen-bond donors (Lipinski definition) is 0. The van der Waals surface area contributed by atoms with Gasteiger partial charge in [-0.05, 0) is 32.6 Å². The molecule has 0 saturated carbocycles. The molecule has 2 atom stereocenters. The van der Waals surface area contributed by atoms with Crippen LogP contribution in [-0.4, -0.2) is 49.2 Å². The molecule has 0 radical (unpaired) electrons. The molecular weight excluding hydrogens is 215 g/mol. The monoisotopic (exact) mass is 236 g/mol. The van der Waals surface area contributed by atoms with Gasteiger partial charge in [0.15, 0.2) is 0 Å². The third kappa shape index (κ3) is 2.85. The summed E-state index contributed by atoms with van der Waals surface area (Å²) in [4.78, 5) is 4.41. The number of alkyl halides is 1. The zero-order chi connectivity index (χ0) is 12.3. The Balaban J connectivity index is 1.98. The predicted octanol–water partition coefficient (Wildman–Crippen LogP) is 2.16. The van der Waals surface area contributed by atoms with Crippen LogP contribution in [0.25, 0.3) is 0 Å². The van der Waals surface area contributed by atoms with Crippen LogP contribution in [0.15, 0.2) is 30.3 Å². The maximum atomic E-state index is 13.0. The average Bonchev–Trinajstić information content (AvgIpc) is 2.71. The summed E-state index contributed by atoms with van der Waals surface area (Å²) in [6.07, 6.45) is 1.06. The smallest absolute Gasteiger partial charge is 0.106 e. The first kappa shape index (κ1) is 12.5. The fourth-order valence-corrected chi connectivity index (χ4v) is 2.71. The lowest BCUT2D eigenvalue weighted by atomic mass is 10.1. The first-order valence-corrected chi connectivity index (χ1v) is 6.22. The van der Waals surface area contributed by atoms with Crippen molar-refractivity contribution in [2.45, 2.75) is 25.0 Å². The van der Waals surface area contributed by atoms with Gasteiger partial charge in [0.05, 0.1) is 6.04 Å². The highest BCUT2D eigenvalue weighted by molar-refractivity contribution is 5.14. The number of likely N-dealkylation sites (N-methyl/N-ethyl adjacent to an activating group) is 2. The Labute approximate surface area is 103 Å². The molecule has 1 aromatic rings. The molecule has 2 nitrogen and oxygen atoms in total. The standard InChI is InChI=1S/C14H21FN2/c1-16-9-8-13(14(16)10-15)17(2)11-12-6-4-3-5-7-12/h3-7,13-14H,8-11H2,1-2H3/t13-,14-/m1/s1. The normalized spacial score (nSPS) is 25.6. The Hall–Kier alpha value is -0.930. The van der Waals surface area contributed by atoms with E-state index in [4.69, 9.17) is 0 Å². The molecule has 1 aliphatic rings. The molecule has 0 aromatic heterocycles. The van der Waals surface area contributed by atoms with Gasteiger partial charge in [0.25, 0.3) is 0 Å². The number of hydrogen-bond acceptors (Lipinski definition) is 2. The predicted molar refractivity (Wildman–Crippen MR) is 68.7 cm³/mol. The minimum Gasteiger partial charge on any atom is -0.299 e. The maximum absolute atomic E-state index is 13.0. The quantitative estimate of drug-likeness (QED) is 0.790. The van der Waals surface area contributed by atoms with Gasteiger partial charge < -0.3 is 0 Å². The van der Waals surface area contributed by atoms with Crippen LogP contribution < -0.4 is 0 Å². The molecule has 1 fully saturated rings. The average molecular weight is 236 g/mol. The maximum Gasteiger partial charge on any atom is 0.106 e. The SMILES string of the molecule is CN1CC[C@@H](N(C)Cc2ccccc2)[C@H]1CF. The Bertz CT molecular complexity index is 341. The Morgan fingerprint density at radius 3 is 2.71 bits per heavy atom. The van der Waals surface area contributed by atoms with E-state index in [1.165, 1.54) is 5.56 Å². The summed E-state index contributed by atoms with van der Waals surface area (Å²) in [6.45, 7) is 1.65. The van der Waals surface area contributed by atoms with Crippen molar-refractivity contribution < 1.29 is 4.39 Å². The van der Waals surface area contributed by atoms with Crippen LogP contribution in [0.2, 0.25) is 0 Å². The minimum atomic E-state index is -0.250. The topological polar surface area (TPSA) is 6.48 Å². The van der Waals surface area contributed by atoms with Crippen LogP contribution in [0.4, 0.5) is 4.39 Å². The molecule has 1 aromatic carbocycles. The summed E-state index contributed by atoms with van der Waals surface area (Å²) in [7, 11) is 4.11. The zero-order valence-corrected chi connectivity index (χ0v) is 10.6. The highest BCUT2D eigenvalue weighted by atomic mass is 19.1. The molecule has 0 amide bonds. The van der Waals surface area contributed by atoms with Crippen molar-refractivity contribution in [1.29, 1.82) is 0 Å². The van der Waals surface area contributed by atoms with Gasteiger partial charge in [-0.15, -0.1) is 0 Å². The number of rotatable bonds is 4. The lowest BCUT2D eigenvalue weighted by Gasteiger charge is -2.30. The van der Waals surface area contributed by atoms with Crippen LogP contribution >= 0.6 is 0 Å². The van der Waals surface area contributed by atoms with Crippen molar-refractivity contribution in [3.8, 4) is 0 Å². The van der Waals surface area contributed by atoms with Crippen LogP contribution in [0.5, 0.6) is 0 Å². The Kier molecular flexibility index (Phi) is 4.13. The van der Waals surface area contributed by atoms with Gasteiger partial charge in [-0.25, -0.2) is 4.39 Å². The second-order valence-corrected chi connectivity index (χ2v) is 4.96. The lowest BCUT2D eigenvalue weighted by molar-refractivity contribution is 0.151. The van der Waals surface area contributed by atoms with Gasteiger partial charge in [-0.3, -0.25) is 9.80 Å². The molecule has 0 N–H and O–H groups in total. The van der Waals surface area contributed by atoms with E-state index in [0.29, 0.717) is 6.04 Å². The second-order valence-electron chi connectivity index (χ2n) is 4.96. The Morgan fingerprint density at radius 2 is 2.06 bits per heavy atom. The molecule has 0 spiro atoms. The van der Waals surface area contributed by atoms with Crippen molar-refractivity contribution in [3.63, 3.8) is 0 Å². The van der Waals surface area contributed by atoms with Crippen molar-refractivity contribution in [1.82, 2.24) is 9.80 Å². The van der Waals surface area contributed by atoms with Gasteiger partial charge in [-0.1, -0.05) is 30.3 Å². The van der Waals surface area contributed by atoms with Crippen molar-refractivity contribution in [2.75, 3.05) is 27.3 Å². The molecule has 3 heteroatoms. The van der Waals surface area contributed by atoms with E-state index in [0.717, 1.165) is 19.5 Å². The third-order valence-electron chi connectivity index (χ3n) is 3.79. The van der Waals surface area contributed by atoms with Crippen molar-refractivity contribution in [2.24, 2.45) is 0 Å². The number of likely N-dealkylation sites (tertiary alicyclic amines) is 1. The first-order chi connectivity index (χ1) is 8.22. The molecular formula is C14H21FN2. The molecule has 94 valence electrons. The molecule has 1 saturated heterocycles. The van der Waals surface area contributed by atoms with Crippen molar-refractivity contribution in [3.05, 3.63) is 35.9 Å². The first-order valence-electron chi connectivity index (χ1n) is 6.22. The summed E-state index contributed by atoms with van der Waals surface area (Å²) in [5.41, 5.74) is 1.29. The van der Waals surface area contributed by atoms with E-state index in [2.05, 4.69) is 41.1 Å². The Morgan fingerprint density at radius 1 is 1.35 bits per heavy atom. The fourth-order valence-electron chi connectivity index (χ4n) is 2.71. The molecule has 1 aliphatic heterocycles. The van der Waals surface area contributed by atoms with Gasteiger partial charge >= 0.3 is 0 Å². The van der Waals surface area contributed by atoms with E-state index in [1.807, 2.05) is 13.1 Å². The summed E-state index contributed by atoms with van der Waals surface area (Å²) in [5.74, 6) is 0. The van der Waals surface area contributed by atoms with Crippen LogP contribution in [0.1, 0.15) is 12.0 Å². The van der Waals surface area contributed by atoms with Gasteiger partial charge in [0, 0.05) is 12.6 Å². The van der Waals surface area contributed by atoms with Crippen LogP contribution in [0.3, 0.4) is 0 Å².